The van der Waals surface area contributed by atoms with Gasteiger partial charge in [-0.2, -0.15) is 0 Å². The second kappa shape index (κ2) is 10.6. The number of rotatable bonds is 8. The normalized spacial score (nSPS) is 16.9. The van der Waals surface area contributed by atoms with Crippen LogP contribution in [0.2, 0.25) is 0 Å². The minimum absolute atomic E-state index is 0.00773. The molecule has 0 spiro atoms. The Balaban J connectivity index is 1.83. The third-order valence-corrected chi connectivity index (χ3v) is 6.29. The number of thioether (sulfide) groups is 1. The molecule has 180 valence electrons. The number of carbonyl (C=O) groups excluding carboxylic acids is 1. The van der Waals surface area contributed by atoms with Crippen molar-refractivity contribution in [3.05, 3.63) is 58.8 Å². The molecule has 1 aliphatic rings. The molecule has 2 N–H and O–H groups in total. The van der Waals surface area contributed by atoms with E-state index in [9.17, 15) is 14.7 Å². The first kappa shape index (κ1) is 25.7. The smallest absolute Gasteiger partial charge is 0.476 e. The van der Waals surface area contributed by atoms with E-state index < -0.39 is 30.4 Å². The number of alkyl carbamates (subject to hydrolysis) is 1. The summed E-state index contributed by atoms with van der Waals surface area (Å²) >= 11 is 1.24. The van der Waals surface area contributed by atoms with Crippen molar-refractivity contribution in [3.63, 3.8) is 0 Å². The molecule has 11 heteroatoms. The van der Waals surface area contributed by atoms with E-state index in [0.29, 0.717) is 10.6 Å². The number of carboxylic acids is 1. The van der Waals surface area contributed by atoms with Crippen molar-refractivity contribution in [1.82, 2.24) is 15.3 Å². The highest BCUT2D eigenvalue weighted by atomic mass is 32.2. The molecule has 1 amide bonds. The Morgan fingerprint density at radius 1 is 1.18 bits per heavy atom. The number of nitrogens with zero attached hydrogens (tertiary/aromatic N) is 2. The summed E-state index contributed by atoms with van der Waals surface area (Å²) in [5.41, 5.74) is 0.225. The summed E-state index contributed by atoms with van der Waals surface area (Å²) in [6, 6.07) is 9.32. The third-order valence-electron chi connectivity index (χ3n) is 5.73. The SMILES string of the molecule is CSc1ncc(C=C(CNC(=O)OCc2ccccc2)B2OC(C)(C)C(C)(C)O2)c(C(=O)O)n1. The largest absolute Gasteiger partial charge is 0.492 e. The van der Waals surface area contributed by atoms with Crippen LogP contribution < -0.4 is 5.32 Å². The second-order valence-electron chi connectivity index (χ2n) is 8.69. The van der Waals surface area contributed by atoms with Crippen molar-refractivity contribution < 1.29 is 28.7 Å². The fourth-order valence-corrected chi connectivity index (χ4v) is 3.44. The summed E-state index contributed by atoms with van der Waals surface area (Å²) < 4.78 is 17.5. The standard InChI is InChI=1S/C23H28BN3O6S/c1-22(2)23(3,4)33-24(32-22)17(11-16-12-25-20(34-5)27-18(16)19(28)29)13-26-21(30)31-14-15-9-7-6-8-10-15/h6-12H,13-14H2,1-5H3,(H,26,30)(H,28,29). The minimum Gasteiger partial charge on any atom is -0.476 e. The van der Waals surface area contributed by atoms with Crippen LogP contribution in [0.1, 0.15) is 49.3 Å². The van der Waals surface area contributed by atoms with Gasteiger partial charge in [0.2, 0.25) is 0 Å². The number of aromatic nitrogens is 2. The lowest BCUT2D eigenvalue weighted by Gasteiger charge is -2.32. The maximum Gasteiger partial charge on any atom is 0.492 e. The molecule has 0 radical (unpaired) electrons. The maximum absolute atomic E-state index is 12.3. The van der Waals surface area contributed by atoms with Gasteiger partial charge in [-0.05, 0) is 45.0 Å². The van der Waals surface area contributed by atoms with Crippen molar-refractivity contribution in [3.8, 4) is 0 Å². The highest BCUT2D eigenvalue weighted by Crippen LogP contribution is 2.38. The average Bonchev–Trinajstić information content (AvgIpc) is 3.02. The molecule has 1 saturated heterocycles. The van der Waals surface area contributed by atoms with Crippen molar-refractivity contribution in [1.29, 1.82) is 0 Å². The van der Waals surface area contributed by atoms with Crippen LogP contribution in [0.3, 0.4) is 0 Å². The van der Waals surface area contributed by atoms with Gasteiger partial charge < -0.3 is 24.5 Å². The summed E-state index contributed by atoms with van der Waals surface area (Å²) in [6.07, 6.45) is 4.14. The van der Waals surface area contributed by atoms with Gasteiger partial charge in [0.25, 0.3) is 0 Å². The molecule has 0 saturated carbocycles. The van der Waals surface area contributed by atoms with E-state index in [1.54, 1.807) is 12.3 Å². The molecule has 0 bridgehead atoms. The number of nitrogens with one attached hydrogen (secondary N) is 1. The van der Waals surface area contributed by atoms with Crippen LogP contribution in [0.15, 0.2) is 47.2 Å². The number of benzene rings is 1. The highest BCUT2D eigenvalue weighted by Gasteiger charge is 2.52. The Labute approximate surface area is 203 Å². The zero-order valence-corrected chi connectivity index (χ0v) is 20.6. The first-order valence-electron chi connectivity index (χ1n) is 10.7. The second-order valence-corrected chi connectivity index (χ2v) is 9.46. The number of carbonyl (C=O) groups is 2. The molecular formula is C23H28BN3O6S. The van der Waals surface area contributed by atoms with Crippen LogP contribution in [0, 0.1) is 0 Å². The fourth-order valence-electron chi connectivity index (χ4n) is 3.10. The van der Waals surface area contributed by atoms with E-state index in [2.05, 4.69) is 15.3 Å². The Bertz CT molecular complexity index is 1060. The molecule has 0 unspecified atom stereocenters. The summed E-state index contributed by atoms with van der Waals surface area (Å²) in [6.45, 7) is 7.76. The molecular weight excluding hydrogens is 457 g/mol. The third kappa shape index (κ3) is 6.16. The molecule has 1 aromatic carbocycles. The first-order chi connectivity index (χ1) is 16.0. The van der Waals surface area contributed by atoms with Crippen LogP contribution in [0.25, 0.3) is 6.08 Å². The predicted octanol–water partition coefficient (Wildman–Crippen LogP) is 3.84. The summed E-state index contributed by atoms with van der Waals surface area (Å²) in [4.78, 5) is 32.4. The van der Waals surface area contributed by atoms with Crippen LogP contribution in [-0.2, 0) is 20.7 Å². The zero-order valence-electron chi connectivity index (χ0n) is 19.8. The molecule has 1 aromatic heterocycles. The summed E-state index contributed by atoms with van der Waals surface area (Å²) in [5, 5.41) is 12.7. The zero-order chi connectivity index (χ0) is 24.9. The number of hydrogen-bond acceptors (Lipinski definition) is 8. The van der Waals surface area contributed by atoms with Crippen molar-refractivity contribution in [2.75, 3.05) is 12.8 Å². The van der Waals surface area contributed by atoms with E-state index in [-0.39, 0.29) is 24.4 Å². The Hall–Kier alpha value is -2.89. The number of carboxylic acid groups (broad SMARTS) is 1. The molecule has 34 heavy (non-hydrogen) atoms. The first-order valence-corrected chi connectivity index (χ1v) is 11.9. The van der Waals surface area contributed by atoms with Crippen molar-refractivity contribution in [2.24, 2.45) is 0 Å². The quantitative estimate of drug-likeness (QED) is 0.326. The van der Waals surface area contributed by atoms with Gasteiger partial charge in [-0.1, -0.05) is 48.2 Å². The maximum atomic E-state index is 12.3. The highest BCUT2D eigenvalue weighted by molar-refractivity contribution is 7.98. The van der Waals surface area contributed by atoms with E-state index in [4.69, 9.17) is 14.0 Å². The van der Waals surface area contributed by atoms with Gasteiger partial charge in [-0.25, -0.2) is 19.6 Å². The van der Waals surface area contributed by atoms with Gasteiger partial charge in [0, 0.05) is 18.3 Å². The topological polar surface area (TPSA) is 120 Å². The van der Waals surface area contributed by atoms with Crippen LogP contribution in [0.5, 0.6) is 0 Å². The molecule has 2 aromatic rings. The van der Waals surface area contributed by atoms with Crippen LogP contribution in [-0.4, -0.2) is 58.3 Å². The van der Waals surface area contributed by atoms with Gasteiger partial charge in [-0.15, -0.1) is 0 Å². The Morgan fingerprint density at radius 3 is 2.41 bits per heavy atom. The lowest BCUT2D eigenvalue weighted by atomic mass is 9.77. The Morgan fingerprint density at radius 2 is 1.82 bits per heavy atom. The molecule has 1 aliphatic heterocycles. The monoisotopic (exact) mass is 485 g/mol. The number of hydrogen-bond donors (Lipinski definition) is 2. The lowest BCUT2D eigenvalue weighted by molar-refractivity contribution is 0.00578. The summed E-state index contributed by atoms with van der Waals surface area (Å²) in [5.74, 6) is -1.19. The van der Waals surface area contributed by atoms with Crippen molar-refractivity contribution >= 4 is 37.0 Å². The average molecular weight is 485 g/mol. The number of amides is 1. The van der Waals surface area contributed by atoms with Crippen LogP contribution in [0.4, 0.5) is 4.79 Å². The number of aromatic carboxylic acids is 1. The molecule has 2 heterocycles. The summed E-state index contributed by atoms with van der Waals surface area (Å²) in [7, 11) is -0.818. The molecule has 1 fully saturated rings. The van der Waals surface area contributed by atoms with Gasteiger partial charge in [0.15, 0.2) is 10.9 Å². The predicted molar refractivity (Wildman–Crippen MR) is 129 cm³/mol. The molecule has 0 aliphatic carbocycles. The minimum atomic E-state index is -1.19. The van der Waals surface area contributed by atoms with Gasteiger partial charge in [0.05, 0.1) is 11.2 Å². The van der Waals surface area contributed by atoms with Crippen LogP contribution >= 0.6 is 11.8 Å². The van der Waals surface area contributed by atoms with E-state index in [0.717, 1.165) is 5.56 Å². The van der Waals surface area contributed by atoms with E-state index >= 15 is 0 Å². The lowest BCUT2D eigenvalue weighted by Crippen LogP contribution is -2.41. The molecule has 9 nitrogen and oxygen atoms in total. The van der Waals surface area contributed by atoms with Crippen molar-refractivity contribution in [2.45, 2.75) is 50.7 Å². The van der Waals surface area contributed by atoms with E-state index in [1.807, 2.05) is 58.0 Å². The fraction of sp³-hybridized carbons (Fsp3) is 0.391. The molecule has 0 atom stereocenters. The molecule has 3 rings (SSSR count). The van der Waals surface area contributed by atoms with Gasteiger partial charge >= 0.3 is 19.2 Å². The van der Waals surface area contributed by atoms with Gasteiger partial charge in [-0.3, -0.25) is 0 Å². The van der Waals surface area contributed by atoms with Gasteiger partial charge in [0.1, 0.15) is 6.61 Å². The Kier molecular flexibility index (Phi) is 8.01. The van der Waals surface area contributed by atoms with E-state index in [1.165, 1.54) is 18.0 Å². The number of ether oxygens (including phenoxy) is 1.